The summed E-state index contributed by atoms with van der Waals surface area (Å²) < 4.78 is 36.6. The van der Waals surface area contributed by atoms with Gasteiger partial charge in [-0.25, -0.2) is 17.6 Å². The lowest BCUT2D eigenvalue weighted by molar-refractivity contribution is -0.138. The highest BCUT2D eigenvalue weighted by atomic mass is 32.2. The Morgan fingerprint density at radius 2 is 2.16 bits per heavy atom. The minimum atomic E-state index is -3.47. The highest BCUT2D eigenvalue weighted by Gasteiger charge is 2.32. The smallest absolute Gasteiger partial charge is 0.326 e. The Bertz CT molecular complexity index is 614. The third-order valence-corrected chi connectivity index (χ3v) is 4.30. The van der Waals surface area contributed by atoms with Crippen molar-refractivity contribution in [2.24, 2.45) is 0 Å². The first-order valence-electron chi connectivity index (χ1n) is 5.80. The van der Waals surface area contributed by atoms with Gasteiger partial charge in [0.05, 0.1) is 10.6 Å². The predicted octanol–water partition coefficient (Wildman–Crippen LogP) is 1.28. The zero-order valence-electron chi connectivity index (χ0n) is 10.3. The van der Waals surface area contributed by atoms with Gasteiger partial charge in [-0.2, -0.15) is 0 Å². The fourth-order valence-electron chi connectivity index (χ4n) is 2.26. The molecule has 0 radical (unpaired) electrons. The number of nitrogens with zero attached hydrogens (tertiary/aromatic N) is 1. The van der Waals surface area contributed by atoms with Crippen molar-refractivity contribution in [3.05, 3.63) is 24.0 Å². The molecule has 19 heavy (non-hydrogen) atoms. The first-order valence-corrected chi connectivity index (χ1v) is 7.69. The van der Waals surface area contributed by atoms with E-state index in [1.807, 2.05) is 0 Å². The van der Waals surface area contributed by atoms with Crippen molar-refractivity contribution < 1.29 is 22.7 Å². The number of carboxylic acids is 1. The van der Waals surface area contributed by atoms with E-state index >= 15 is 0 Å². The van der Waals surface area contributed by atoms with Crippen LogP contribution in [0.25, 0.3) is 0 Å². The Hall–Kier alpha value is -1.63. The first kappa shape index (κ1) is 13.8. The molecular weight excluding hydrogens is 273 g/mol. The molecule has 0 aromatic heterocycles. The van der Waals surface area contributed by atoms with Gasteiger partial charge in [0.2, 0.25) is 0 Å². The second kappa shape index (κ2) is 4.80. The van der Waals surface area contributed by atoms with Crippen molar-refractivity contribution in [3.8, 4) is 0 Å². The summed E-state index contributed by atoms with van der Waals surface area (Å²) in [4.78, 5) is 12.4. The zero-order chi connectivity index (χ0) is 14.2. The maximum atomic E-state index is 14.0. The van der Waals surface area contributed by atoms with Crippen LogP contribution < -0.4 is 4.90 Å². The maximum Gasteiger partial charge on any atom is 0.326 e. The molecule has 0 amide bonds. The largest absolute Gasteiger partial charge is 0.480 e. The van der Waals surface area contributed by atoms with Gasteiger partial charge in [-0.3, -0.25) is 0 Å². The standard InChI is InChI=1S/C12H14FNO4S/c1-19(17,18)8-4-5-10(9(13)7-8)14-6-2-3-11(14)12(15)16/h4-5,7,11H,2-3,6H2,1H3,(H,15,16)/t11-/m0/s1. The highest BCUT2D eigenvalue weighted by Crippen LogP contribution is 2.29. The monoisotopic (exact) mass is 287 g/mol. The van der Waals surface area contributed by atoms with Gasteiger partial charge >= 0.3 is 5.97 Å². The molecule has 104 valence electrons. The second-order valence-electron chi connectivity index (χ2n) is 4.58. The molecule has 1 aromatic rings. The molecule has 1 aromatic carbocycles. The Labute approximate surface area is 110 Å². The summed E-state index contributed by atoms with van der Waals surface area (Å²) >= 11 is 0. The number of sulfone groups is 1. The quantitative estimate of drug-likeness (QED) is 0.906. The van der Waals surface area contributed by atoms with Crippen LogP contribution in [-0.2, 0) is 14.6 Å². The van der Waals surface area contributed by atoms with Crippen LogP contribution in [0, 0.1) is 5.82 Å². The topological polar surface area (TPSA) is 74.7 Å². The van der Waals surface area contributed by atoms with Gasteiger partial charge in [-0.15, -0.1) is 0 Å². The molecule has 5 nitrogen and oxygen atoms in total. The van der Waals surface area contributed by atoms with Gasteiger partial charge in [0, 0.05) is 12.8 Å². The Morgan fingerprint density at radius 3 is 2.68 bits per heavy atom. The molecule has 0 saturated carbocycles. The van der Waals surface area contributed by atoms with Gasteiger partial charge in [0.1, 0.15) is 11.9 Å². The van der Waals surface area contributed by atoms with Crippen LogP contribution in [0.5, 0.6) is 0 Å². The van der Waals surface area contributed by atoms with Gasteiger partial charge < -0.3 is 10.0 Å². The fraction of sp³-hybridized carbons (Fsp3) is 0.417. The molecule has 1 aliphatic heterocycles. The number of benzene rings is 1. The summed E-state index contributed by atoms with van der Waals surface area (Å²) in [5.41, 5.74) is 0.136. The van der Waals surface area contributed by atoms with Crippen molar-refractivity contribution in [2.45, 2.75) is 23.8 Å². The predicted molar refractivity (Wildman–Crippen MR) is 67.5 cm³/mol. The molecule has 2 rings (SSSR count). The van der Waals surface area contributed by atoms with Gasteiger partial charge in [-0.1, -0.05) is 0 Å². The van der Waals surface area contributed by atoms with Gasteiger partial charge in [0.25, 0.3) is 0 Å². The third-order valence-electron chi connectivity index (χ3n) is 3.19. The van der Waals surface area contributed by atoms with E-state index in [1.165, 1.54) is 17.0 Å². The van der Waals surface area contributed by atoms with Crippen molar-refractivity contribution in [1.82, 2.24) is 0 Å². The molecule has 1 saturated heterocycles. The van der Waals surface area contributed by atoms with E-state index in [1.54, 1.807) is 0 Å². The SMILES string of the molecule is CS(=O)(=O)c1ccc(N2CCC[C@H]2C(=O)O)c(F)c1. The number of halogens is 1. The molecule has 7 heteroatoms. The lowest BCUT2D eigenvalue weighted by Gasteiger charge is -2.24. The van der Waals surface area contributed by atoms with E-state index in [0.29, 0.717) is 19.4 Å². The van der Waals surface area contributed by atoms with Crippen LogP contribution in [0.2, 0.25) is 0 Å². The van der Waals surface area contributed by atoms with Crippen molar-refractivity contribution >= 4 is 21.5 Å². The minimum Gasteiger partial charge on any atom is -0.480 e. The van der Waals surface area contributed by atoms with Crippen LogP contribution in [-0.4, -0.2) is 38.3 Å². The van der Waals surface area contributed by atoms with E-state index in [2.05, 4.69) is 0 Å². The van der Waals surface area contributed by atoms with E-state index in [9.17, 15) is 17.6 Å². The molecular formula is C12H14FNO4S. The number of carbonyl (C=O) groups is 1. The summed E-state index contributed by atoms with van der Waals surface area (Å²) in [7, 11) is -3.47. The van der Waals surface area contributed by atoms with Crippen molar-refractivity contribution in [1.29, 1.82) is 0 Å². The first-order chi connectivity index (χ1) is 8.80. The summed E-state index contributed by atoms with van der Waals surface area (Å²) in [5.74, 6) is -1.71. The van der Waals surface area contributed by atoms with E-state index in [4.69, 9.17) is 5.11 Å². The Balaban J connectivity index is 2.39. The molecule has 0 aliphatic carbocycles. The molecule has 1 aliphatic rings. The lowest BCUT2D eigenvalue weighted by Crippen LogP contribution is -2.36. The van der Waals surface area contributed by atoms with Crippen LogP contribution in [0.1, 0.15) is 12.8 Å². The van der Waals surface area contributed by atoms with E-state index in [-0.39, 0.29) is 10.6 Å². The highest BCUT2D eigenvalue weighted by molar-refractivity contribution is 7.90. The lowest BCUT2D eigenvalue weighted by atomic mass is 10.2. The van der Waals surface area contributed by atoms with E-state index < -0.39 is 27.7 Å². The molecule has 1 fully saturated rings. The molecule has 1 heterocycles. The number of carboxylic acid groups (broad SMARTS) is 1. The zero-order valence-corrected chi connectivity index (χ0v) is 11.2. The number of aliphatic carboxylic acids is 1. The summed E-state index contributed by atoms with van der Waals surface area (Å²) in [6.07, 6.45) is 2.13. The number of anilines is 1. The molecule has 1 N–H and O–H groups in total. The average Bonchev–Trinajstić information content (AvgIpc) is 2.76. The summed E-state index contributed by atoms with van der Waals surface area (Å²) in [5, 5.41) is 9.06. The minimum absolute atomic E-state index is 0.111. The van der Waals surface area contributed by atoms with E-state index in [0.717, 1.165) is 12.3 Å². The van der Waals surface area contributed by atoms with Gasteiger partial charge in [-0.05, 0) is 31.0 Å². The number of hydrogen-bond acceptors (Lipinski definition) is 4. The Kier molecular flexibility index (Phi) is 3.49. The third kappa shape index (κ3) is 2.70. The maximum absolute atomic E-state index is 14.0. The summed E-state index contributed by atoms with van der Waals surface area (Å²) in [6.45, 7) is 0.451. The number of hydrogen-bond donors (Lipinski definition) is 1. The molecule has 0 spiro atoms. The van der Waals surface area contributed by atoms with Crippen LogP contribution >= 0.6 is 0 Å². The number of rotatable bonds is 3. The van der Waals surface area contributed by atoms with Crippen molar-refractivity contribution in [2.75, 3.05) is 17.7 Å². The van der Waals surface area contributed by atoms with Crippen molar-refractivity contribution in [3.63, 3.8) is 0 Å². The molecule has 0 bridgehead atoms. The van der Waals surface area contributed by atoms with Gasteiger partial charge in [0.15, 0.2) is 9.84 Å². The normalized spacial score (nSPS) is 19.7. The Morgan fingerprint density at radius 1 is 1.47 bits per heavy atom. The van der Waals surface area contributed by atoms with Crippen LogP contribution in [0.4, 0.5) is 10.1 Å². The fourth-order valence-corrected chi connectivity index (χ4v) is 2.90. The molecule has 0 unspecified atom stereocenters. The molecule has 1 atom stereocenters. The van der Waals surface area contributed by atoms with Crippen LogP contribution in [0.3, 0.4) is 0 Å². The second-order valence-corrected chi connectivity index (χ2v) is 6.59. The average molecular weight is 287 g/mol. The van der Waals surface area contributed by atoms with Crippen LogP contribution in [0.15, 0.2) is 23.1 Å². The summed E-state index contributed by atoms with van der Waals surface area (Å²) in [6, 6.07) is 2.80.